The third-order valence-electron chi connectivity index (χ3n) is 3.30. The zero-order valence-electron chi connectivity index (χ0n) is 11.9. The molecule has 108 valence electrons. The van der Waals surface area contributed by atoms with Gasteiger partial charge >= 0.3 is 0 Å². The van der Waals surface area contributed by atoms with Crippen LogP contribution in [0.25, 0.3) is 11.3 Å². The Morgan fingerprint density at radius 3 is 2.36 bits per heavy atom. The second-order valence-corrected chi connectivity index (χ2v) is 4.82. The summed E-state index contributed by atoms with van der Waals surface area (Å²) in [7, 11) is 0. The topological polar surface area (TPSA) is 54.9 Å². The van der Waals surface area contributed by atoms with Gasteiger partial charge in [-0.1, -0.05) is 60.7 Å². The minimum atomic E-state index is -0.177. The minimum absolute atomic E-state index is 0.177. The third-order valence-corrected chi connectivity index (χ3v) is 3.30. The molecule has 0 aliphatic carbocycles. The number of nitrogens with one attached hydrogen (secondary N) is 1. The van der Waals surface area contributed by atoms with Crippen LogP contribution in [0.1, 0.15) is 15.9 Å². The molecule has 4 nitrogen and oxygen atoms in total. The highest BCUT2D eigenvalue weighted by Crippen LogP contribution is 2.19. The summed E-state index contributed by atoms with van der Waals surface area (Å²) in [5.74, 6) is -0.177. The van der Waals surface area contributed by atoms with Crippen LogP contribution in [0.2, 0.25) is 0 Å². The van der Waals surface area contributed by atoms with Gasteiger partial charge in [-0.05, 0) is 5.56 Å². The maximum Gasteiger partial charge on any atom is 0.255 e. The van der Waals surface area contributed by atoms with Crippen molar-refractivity contribution in [2.75, 3.05) is 0 Å². The summed E-state index contributed by atoms with van der Waals surface area (Å²) >= 11 is 0. The molecule has 22 heavy (non-hydrogen) atoms. The number of amides is 1. The predicted molar refractivity (Wildman–Crippen MR) is 85.1 cm³/mol. The first-order valence-corrected chi connectivity index (χ1v) is 7.02. The summed E-state index contributed by atoms with van der Waals surface area (Å²) in [5.41, 5.74) is 3.06. The van der Waals surface area contributed by atoms with E-state index in [1.165, 1.54) is 6.33 Å². The van der Waals surface area contributed by atoms with Gasteiger partial charge in [-0.3, -0.25) is 4.79 Å². The van der Waals surface area contributed by atoms with E-state index >= 15 is 0 Å². The number of carbonyl (C=O) groups is 1. The lowest BCUT2D eigenvalue weighted by molar-refractivity contribution is 0.0951. The van der Waals surface area contributed by atoms with Crippen molar-refractivity contribution in [3.05, 3.63) is 84.3 Å². The standard InChI is InChI=1S/C18H15N3O/c22-18(20-11-14-7-3-1-4-8-14)16-12-19-13-21-17(16)15-9-5-2-6-10-15/h1-10,12-13H,11H2,(H,20,22). The summed E-state index contributed by atoms with van der Waals surface area (Å²) in [6, 6.07) is 19.4. The molecule has 1 heterocycles. The molecular formula is C18H15N3O. The predicted octanol–water partition coefficient (Wildman–Crippen LogP) is 3.07. The van der Waals surface area contributed by atoms with E-state index in [9.17, 15) is 4.79 Å². The van der Waals surface area contributed by atoms with Gasteiger partial charge in [-0.2, -0.15) is 0 Å². The third kappa shape index (κ3) is 3.17. The first-order chi connectivity index (χ1) is 10.8. The fourth-order valence-corrected chi connectivity index (χ4v) is 2.20. The first-order valence-electron chi connectivity index (χ1n) is 7.02. The Hall–Kier alpha value is -3.01. The summed E-state index contributed by atoms with van der Waals surface area (Å²) in [6.07, 6.45) is 3.01. The van der Waals surface area contributed by atoms with Crippen LogP contribution >= 0.6 is 0 Å². The van der Waals surface area contributed by atoms with E-state index in [0.717, 1.165) is 11.1 Å². The molecule has 3 rings (SSSR count). The van der Waals surface area contributed by atoms with Gasteiger partial charge in [0.05, 0.1) is 11.3 Å². The summed E-state index contributed by atoms with van der Waals surface area (Å²) in [5, 5.41) is 2.91. The van der Waals surface area contributed by atoms with E-state index in [4.69, 9.17) is 0 Å². The van der Waals surface area contributed by atoms with Crippen LogP contribution in [-0.2, 0) is 6.54 Å². The van der Waals surface area contributed by atoms with Gasteiger partial charge in [0.2, 0.25) is 0 Å². The lowest BCUT2D eigenvalue weighted by Gasteiger charge is -2.09. The Bertz CT molecular complexity index is 758. The summed E-state index contributed by atoms with van der Waals surface area (Å²) in [4.78, 5) is 20.6. The Morgan fingerprint density at radius 2 is 1.64 bits per heavy atom. The van der Waals surface area contributed by atoms with Crippen molar-refractivity contribution in [3.8, 4) is 11.3 Å². The smallest absolute Gasteiger partial charge is 0.255 e. The number of nitrogens with zero attached hydrogens (tertiary/aromatic N) is 2. The fraction of sp³-hybridized carbons (Fsp3) is 0.0556. The van der Waals surface area contributed by atoms with Crippen LogP contribution in [0.3, 0.4) is 0 Å². The Kier molecular flexibility index (Phi) is 4.20. The van der Waals surface area contributed by atoms with Gasteiger partial charge in [-0.25, -0.2) is 9.97 Å². The molecule has 0 radical (unpaired) electrons. The molecule has 0 fully saturated rings. The second-order valence-electron chi connectivity index (χ2n) is 4.82. The normalized spacial score (nSPS) is 10.2. The summed E-state index contributed by atoms with van der Waals surface area (Å²) in [6.45, 7) is 0.475. The highest BCUT2D eigenvalue weighted by atomic mass is 16.1. The van der Waals surface area contributed by atoms with Crippen LogP contribution < -0.4 is 5.32 Å². The molecule has 0 spiro atoms. The van der Waals surface area contributed by atoms with Crippen molar-refractivity contribution in [3.63, 3.8) is 0 Å². The van der Waals surface area contributed by atoms with Gasteiger partial charge < -0.3 is 5.32 Å². The number of rotatable bonds is 4. The van der Waals surface area contributed by atoms with Gasteiger partial charge in [-0.15, -0.1) is 0 Å². The van der Waals surface area contributed by atoms with Gasteiger partial charge in [0.25, 0.3) is 5.91 Å². The molecule has 1 N–H and O–H groups in total. The maximum absolute atomic E-state index is 12.4. The van der Waals surface area contributed by atoms with E-state index < -0.39 is 0 Å². The molecule has 0 unspecified atom stereocenters. The first kappa shape index (κ1) is 13.9. The van der Waals surface area contributed by atoms with E-state index in [2.05, 4.69) is 15.3 Å². The number of aromatic nitrogens is 2. The van der Waals surface area contributed by atoms with Crippen molar-refractivity contribution < 1.29 is 4.79 Å². The van der Waals surface area contributed by atoms with Gasteiger partial charge in [0.15, 0.2) is 0 Å². The lowest BCUT2D eigenvalue weighted by atomic mass is 10.1. The Labute approximate surface area is 128 Å². The van der Waals surface area contributed by atoms with E-state index in [1.807, 2.05) is 60.7 Å². The van der Waals surface area contributed by atoms with E-state index in [1.54, 1.807) is 6.20 Å². The average molecular weight is 289 g/mol. The number of carbonyl (C=O) groups excluding carboxylic acids is 1. The van der Waals surface area contributed by atoms with Crippen LogP contribution in [0.4, 0.5) is 0 Å². The molecule has 1 amide bonds. The van der Waals surface area contributed by atoms with Gasteiger partial charge in [0.1, 0.15) is 6.33 Å². The average Bonchev–Trinajstić information content (AvgIpc) is 2.61. The van der Waals surface area contributed by atoms with Crippen LogP contribution in [0.15, 0.2) is 73.2 Å². The fourth-order valence-electron chi connectivity index (χ4n) is 2.20. The van der Waals surface area contributed by atoms with Crippen molar-refractivity contribution in [1.29, 1.82) is 0 Å². The molecule has 0 saturated heterocycles. The highest BCUT2D eigenvalue weighted by Gasteiger charge is 2.13. The molecular weight excluding hydrogens is 274 g/mol. The van der Waals surface area contributed by atoms with Crippen molar-refractivity contribution in [2.24, 2.45) is 0 Å². The van der Waals surface area contributed by atoms with Crippen LogP contribution in [0.5, 0.6) is 0 Å². The zero-order chi connectivity index (χ0) is 15.2. The zero-order valence-corrected chi connectivity index (χ0v) is 11.9. The lowest BCUT2D eigenvalue weighted by Crippen LogP contribution is -2.24. The monoisotopic (exact) mass is 289 g/mol. The van der Waals surface area contributed by atoms with E-state index in [0.29, 0.717) is 17.8 Å². The Balaban J connectivity index is 1.81. The minimum Gasteiger partial charge on any atom is -0.348 e. The van der Waals surface area contributed by atoms with Gasteiger partial charge in [0, 0.05) is 18.3 Å². The number of hydrogen-bond acceptors (Lipinski definition) is 3. The quantitative estimate of drug-likeness (QED) is 0.803. The maximum atomic E-state index is 12.4. The SMILES string of the molecule is O=C(NCc1ccccc1)c1cncnc1-c1ccccc1. The largest absolute Gasteiger partial charge is 0.348 e. The molecule has 0 aliphatic rings. The molecule has 0 bridgehead atoms. The van der Waals surface area contributed by atoms with Crippen LogP contribution in [0, 0.1) is 0 Å². The van der Waals surface area contributed by atoms with Crippen LogP contribution in [-0.4, -0.2) is 15.9 Å². The molecule has 0 atom stereocenters. The molecule has 0 saturated carbocycles. The van der Waals surface area contributed by atoms with Crippen molar-refractivity contribution >= 4 is 5.91 Å². The number of benzene rings is 2. The number of hydrogen-bond donors (Lipinski definition) is 1. The van der Waals surface area contributed by atoms with E-state index in [-0.39, 0.29) is 5.91 Å². The Morgan fingerprint density at radius 1 is 0.955 bits per heavy atom. The highest BCUT2D eigenvalue weighted by molar-refractivity contribution is 5.99. The van der Waals surface area contributed by atoms with Crippen molar-refractivity contribution in [2.45, 2.75) is 6.54 Å². The molecule has 3 aromatic rings. The molecule has 2 aromatic carbocycles. The second kappa shape index (κ2) is 6.63. The molecule has 4 heteroatoms. The molecule has 0 aliphatic heterocycles. The summed E-state index contributed by atoms with van der Waals surface area (Å²) < 4.78 is 0. The molecule has 1 aromatic heterocycles. The van der Waals surface area contributed by atoms with Crippen molar-refractivity contribution in [1.82, 2.24) is 15.3 Å².